The van der Waals surface area contributed by atoms with Crippen molar-refractivity contribution in [2.24, 2.45) is 5.41 Å². The van der Waals surface area contributed by atoms with Crippen LogP contribution >= 0.6 is 0 Å². The molecule has 3 aliphatic rings. The molecule has 8 rings (SSSR count). The van der Waals surface area contributed by atoms with Crippen LogP contribution in [0.3, 0.4) is 0 Å². The minimum atomic E-state index is -2.37. The minimum Gasteiger partial charge on any atom is -0.381 e. The summed E-state index contributed by atoms with van der Waals surface area (Å²) < 4.78 is 43.0. The van der Waals surface area contributed by atoms with E-state index in [-0.39, 0.29) is 40.7 Å². The minimum absolute atomic E-state index is 0.0223. The number of benzene rings is 1. The normalized spacial score (nSPS) is 21.2. The van der Waals surface area contributed by atoms with Gasteiger partial charge in [-0.1, -0.05) is 0 Å². The second-order valence-corrected chi connectivity index (χ2v) is 11.9. The van der Waals surface area contributed by atoms with Gasteiger partial charge in [-0.15, -0.1) is 0 Å². The van der Waals surface area contributed by atoms with E-state index in [4.69, 9.17) is 5.73 Å². The number of hydrogen-bond donors (Lipinski definition) is 2. The number of alkyl halides is 2. The van der Waals surface area contributed by atoms with E-state index in [9.17, 15) is 18.0 Å². The Bertz CT molecular complexity index is 1840. The van der Waals surface area contributed by atoms with Crippen LogP contribution in [0.2, 0.25) is 0 Å². The van der Waals surface area contributed by atoms with E-state index in [1.807, 2.05) is 29.7 Å². The van der Waals surface area contributed by atoms with E-state index >= 15 is 0 Å². The fourth-order valence-corrected chi connectivity index (χ4v) is 6.98. The van der Waals surface area contributed by atoms with Gasteiger partial charge in [-0.25, -0.2) is 28.1 Å². The van der Waals surface area contributed by atoms with Gasteiger partial charge in [0, 0.05) is 47.5 Å². The number of pyridine rings is 1. The predicted molar refractivity (Wildman–Crippen MR) is 152 cm³/mol. The topological polar surface area (TPSA) is 106 Å². The number of carbonyl (C=O) groups is 1. The maximum atomic E-state index is 13.8. The van der Waals surface area contributed by atoms with Crippen LogP contribution < -0.4 is 11.1 Å². The van der Waals surface area contributed by atoms with Gasteiger partial charge in [0.05, 0.1) is 17.9 Å². The van der Waals surface area contributed by atoms with Gasteiger partial charge in [-0.3, -0.25) is 9.20 Å². The molecule has 0 unspecified atom stereocenters. The third kappa shape index (κ3) is 4.28. The van der Waals surface area contributed by atoms with E-state index < -0.39 is 6.43 Å². The maximum absolute atomic E-state index is 13.8. The number of imidazole rings is 2. The smallest absolute Gasteiger partial charge is 0.271 e. The number of halogens is 3. The number of rotatable bonds is 8. The van der Waals surface area contributed by atoms with Crippen molar-refractivity contribution in [2.75, 3.05) is 25.9 Å². The molecule has 216 valence electrons. The van der Waals surface area contributed by atoms with Gasteiger partial charge < -0.3 is 20.4 Å². The second kappa shape index (κ2) is 9.28. The monoisotopic (exact) mass is 574 g/mol. The number of nitrogens with two attached hydrogens (primary N) is 1. The Hall–Kier alpha value is -4.45. The Balaban J connectivity index is 1.24. The van der Waals surface area contributed by atoms with Crippen molar-refractivity contribution < 1.29 is 18.0 Å². The molecule has 0 aliphatic heterocycles. The summed E-state index contributed by atoms with van der Waals surface area (Å²) in [6, 6.07) is 9.79. The third-order valence-corrected chi connectivity index (χ3v) is 8.52. The standard InChI is InChI=1S/C30H29F3N8O/c1-17-9-35-23-8-5-19(10-40(17)23)25-24(18-3-6-20(31)7-4-18)37-26(34)27-36-21(11-41(25)27)28(42)38-30-13-29(14-30,15-30)16-39(2)12-22(32)33/h3-11,22H,12-16H2,1-2H3,(H2,34,37)(H,38,42). The predicted octanol–water partition coefficient (Wildman–Crippen LogP) is 4.59. The van der Waals surface area contributed by atoms with E-state index in [2.05, 4.69) is 20.3 Å². The van der Waals surface area contributed by atoms with Gasteiger partial charge in [-0.05, 0) is 75.0 Å². The third-order valence-electron chi connectivity index (χ3n) is 8.52. The van der Waals surface area contributed by atoms with Crippen LogP contribution in [0.4, 0.5) is 19.0 Å². The number of amides is 1. The first-order valence-electron chi connectivity index (χ1n) is 13.7. The van der Waals surface area contributed by atoms with Crippen molar-refractivity contribution >= 4 is 23.0 Å². The lowest BCUT2D eigenvalue weighted by Crippen LogP contribution is -2.76. The highest BCUT2D eigenvalue weighted by Crippen LogP contribution is 2.67. The molecule has 9 nitrogen and oxygen atoms in total. The summed E-state index contributed by atoms with van der Waals surface area (Å²) in [4.78, 5) is 28.7. The van der Waals surface area contributed by atoms with Crippen LogP contribution in [0, 0.1) is 18.2 Å². The number of anilines is 1. The zero-order valence-corrected chi connectivity index (χ0v) is 23.1. The van der Waals surface area contributed by atoms with Crippen LogP contribution in [0.15, 0.2) is 55.0 Å². The van der Waals surface area contributed by atoms with Crippen molar-refractivity contribution in [1.82, 2.24) is 34.0 Å². The van der Waals surface area contributed by atoms with E-state index in [0.29, 0.717) is 29.1 Å². The molecule has 0 spiro atoms. The number of aromatic nitrogens is 5. The number of carbonyl (C=O) groups excluding carboxylic acids is 1. The lowest BCUT2D eigenvalue weighted by atomic mass is 9.39. The number of nitrogens with one attached hydrogen (secondary N) is 1. The molecule has 3 N–H and O–H groups in total. The lowest BCUT2D eigenvalue weighted by molar-refractivity contribution is -0.160. The van der Waals surface area contributed by atoms with Gasteiger partial charge >= 0.3 is 0 Å². The van der Waals surface area contributed by atoms with Gasteiger partial charge in [0.1, 0.15) is 17.2 Å². The molecule has 3 fully saturated rings. The van der Waals surface area contributed by atoms with E-state index in [1.54, 1.807) is 40.9 Å². The fraction of sp³-hybridized carbons (Fsp3) is 0.333. The number of aryl methyl sites for hydroxylation is 1. The Morgan fingerprint density at radius 3 is 2.50 bits per heavy atom. The zero-order chi connectivity index (χ0) is 29.4. The van der Waals surface area contributed by atoms with Gasteiger partial charge in [0.2, 0.25) is 0 Å². The molecule has 1 amide bonds. The lowest BCUT2D eigenvalue weighted by Gasteiger charge is -2.71. The van der Waals surface area contributed by atoms with Crippen LogP contribution in [0.25, 0.3) is 33.8 Å². The van der Waals surface area contributed by atoms with Crippen molar-refractivity contribution in [3.05, 3.63) is 72.2 Å². The summed E-state index contributed by atoms with van der Waals surface area (Å²) in [6.45, 7) is 2.28. The average molecular weight is 575 g/mol. The molecule has 4 aromatic heterocycles. The Labute approximate surface area is 239 Å². The summed E-state index contributed by atoms with van der Waals surface area (Å²) in [5.74, 6) is -0.575. The molecule has 3 saturated carbocycles. The second-order valence-electron chi connectivity index (χ2n) is 11.9. The first-order valence-corrected chi connectivity index (χ1v) is 13.7. The molecule has 3 aliphatic carbocycles. The van der Waals surface area contributed by atoms with Crippen molar-refractivity contribution in [2.45, 2.75) is 38.2 Å². The number of nitrogens with zero attached hydrogens (tertiary/aromatic N) is 6. The van der Waals surface area contributed by atoms with Crippen molar-refractivity contribution in [3.8, 4) is 22.5 Å². The molecular formula is C30H29F3N8O. The molecule has 0 saturated heterocycles. The molecule has 42 heavy (non-hydrogen) atoms. The summed E-state index contributed by atoms with van der Waals surface area (Å²) >= 11 is 0. The van der Waals surface area contributed by atoms with Gasteiger partial charge in [0.25, 0.3) is 12.3 Å². The Kier molecular flexibility index (Phi) is 5.84. The summed E-state index contributed by atoms with van der Waals surface area (Å²) in [5.41, 5.74) is 10.8. The highest BCUT2D eigenvalue weighted by atomic mass is 19.3. The zero-order valence-electron chi connectivity index (χ0n) is 23.1. The Morgan fingerprint density at radius 1 is 1.07 bits per heavy atom. The summed E-state index contributed by atoms with van der Waals surface area (Å²) in [6.07, 6.45) is 5.24. The summed E-state index contributed by atoms with van der Waals surface area (Å²) in [7, 11) is 1.70. The SMILES string of the molecule is Cc1cnc2ccc(-c3c(-c4ccc(F)cc4)nc(N)c4nc(C(=O)NC56CC(CN(C)CC(F)F)(C5)C6)cn34)cn12. The average Bonchev–Trinajstić information content (AvgIpc) is 3.51. The molecule has 12 heteroatoms. The summed E-state index contributed by atoms with van der Waals surface area (Å²) in [5, 5.41) is 3.14. The number of hydrogen-bond acceptors (Lipinski definition) is 6. The van der Waals surface area contributed by atoms with E-state index in [0.717, 1.165) is 36.2 Å². The fourth-order valence-electron chi connectivity index (χ4n) is 6.98. The molecule has 1 aromatic carbocycles. The van der Waals surface area contributed by atoms with Crippen molar-refractivity contribution in [1.29, 1.82) is 0 Å². The van der Waals surface area contributed by atoms with Gasteiger partial charge in [-0.2, -0.15) is 0 Å². The largest absolute Gasteiger partial charge is 0.381 e. The van der Waals surface area contributed by atoms with E-state index in [1.165, 1.54) is 12.1 Å². The first-order chi connectivity index (χ1) is 20.0. The number of fused-ring (bicyclic) bond motifs is 2. The highest BCUT2D eigenvalue weighted by Gasteiger charge is 2.68. The van der Waals surface area contributed by atoms with Crippen LogP contribution in [-0.2, 0) is 0 Å². The molecule has 0 atom stereocenters. The molecule has 5 aromatic rings. The number of nitrogen functional groups attached to an aromatic ring is 1. The molecule has 4 heterocycles. The Morgan fingerprint density at radius 2 is 1.79 bits per heavy atom. The van der Waals surface area contributed by atoms with Crippen LogP contribution in [0.1, 0.15) is 35.4 Å². The highest BCUT2D eigenvalue weighted by molar-refractivity contribution is 5.95. The van der Waals surface area contributed by atoms with Crippen LogP contribution in [0.5, 0.6) is 0 Å². The first kappa shape index (κ1) is 26.4. The quantitative estimate of drug-likeness (QED) is 0.281. The molecule has 0 radical (unpaired) electrons. The molecular weight excluding hydrogens is 545 g/mol. The molecule has 2 bridgehead atoms. The van der Waals surface area contributed by atoms with Crippen molar-refractivity contribution in [3.63, 3.8) is 0 Å². The van der Waals surface area contributed by atoms with Gasteiger partial charge in [0.15, 0.2) is 11.5 Å². The maximum Gasteiger partial charge on any atom is 0.271 e. The van der Waals surface area contributed by atoms with Crippen LogP contribution in [-0.4, -0.2) is 66.7 Å².